The molecule has 0 spiro atoms. The monoisotopic (exact) mass is 259 g/mol. The zero-order valence-electron chi connectivity index (χ0n) is 11.3. The van der Waals surface area contributed by atoms with Crippen LogP contribution in [0.4, 0.5) is 4.79 Å². The van der Waals surface area contributed by atoms with Gasteiger partial charge in [0, 0.05) is 13.5 Å². The van der Waals surface area contributed by atoms with Crippen molar-refractivity contribution >= 4 is 12.1 Å². The number of hydrogen-bond acceptors (Lipinski definition) is 5. The Balaban J connectivity index is 2.60. The van der Waals surface area contributed by atoms with Crippen LogP contribution in [-0.4, -0.2) is 56.5 Å². The van der Waals surface area contributed by atoms with Crippen molar-refractivity contribution in [2.45, 2.75) is 32.4 Å². The molecule has 0 aromatic carbocycles. The van der Waals surface area contributed by atoms with Crippen LogP contribution in [0.1, 0.15) is 20.3 Å². The van der Waals surface area contributed by atoms with Crippen LogP contribution >= 0.6 is 0 Å². The van der Waals surface area contributed by atoms with Crippen LogP contribution in [-0.2, 0) is 19.0 Å². The van der Waals surface area contributed by atoms with Gasteiger partial charge in [-0.3, -0.25) is 4.90 Å². The van der Waals surface area contributed by atoms with Crippen LogP contribution in [0.15, 0.2) is 0 Å². The fourth-order valence-electron chi connectivity index (χ4n) is 1.94. The quantitative estimate of drug-likeness (QED) is 0.706. The number of esters is 1. The second kappa shape index (κ2) is 6.58. The molecule has 1 unspecified atom stereocenters. The third-order valence-corrected chi connectivity index (χ3v) is 2.93. The highest BCUT2D eigenvalue weighted by atomic mass is 16.6. The van der Waals surface area contributed by atoms with Crippen molar-refractivity contribution in [3.8, 4) is 0 Å². The topological polar surface area (TPSA) is 65.1 Å². The lowest BCUT2D eigenvalue weighted by atomic mass is 10.0. The molecule has 1 saturated heterocycles. The lowest BCUT2D eigenvalue weighted by Crippen LogP contribution is -2.47. The molecule has 18 heavy (non-hydrogen) atoms. The molecule has 0 aliphatic carbocycles. The highest BCUT2D eigenvalue weighted by molar-refractivity contribution is 5.81. The van der Waals surface area contributed by atoms with E-state index in [-0.39, 0.29) is 12.0 Å². The zero-order valence-corrected chi connectivity index (χ0v) is 11.3. The van der Waals surface area contributed by atoms with Gasteiger partial charge in [0.1, 0.15) is 12.1 Å². The second-order valence-corrected chi connectivity index (χ2v) is 4.69. The number of rotatable bonds is 4. The number of carbonyl (C=O) groups excluding carboxylic acids is 2. The van der Waals surface area contributed by atoms with Crippen molar-refractivity contribution < 1.29 is 23.8 Å². The maximum absolute atomic E-state index is 11.9. The van der Waals surface area contributed by atoms with E-state index in [0.29, 0.717) is 19.6 Å². The Bertz CT molecular complexity index is 299. The molecule has 2 atom stereocenters. The van der Waals surface area contributed by atoms with Gasteiger partial charge >= 0.3 is 12.1 Å². The molecule has 0 saturated carbocycles. The highest BCUT2D eigenvalue weighted by Gasteiger charge is 2.33. The van der Waals surface area contributed by atoms with Crippen LogP contribution in [0.25, 0.3) is 0 Å². The number of nitrogens with zero attached hydrogens (tertiary/aromatic N) is 1. The molecule has 1 heterocycles. The van der Waals surface area contributed by atoms with Gasteiger partial charge in [-0.1, -0.05) is 13.8 Å². The smallest absolute Gasteiger partial charge is 0.410 e. The summed E-state index contributed by atoms with van der Waals surface area (Å²) in [6.07, 6.45) is -0.0375. The Morgan fingerprint density at radius 2 is 2.06 bits per heavy atom. The fraction of sp³-hybridized carbons (Fsp3) is 0.833. The lowest BCUT2D eigenvalue weighted by molar-refractivity contribution is -0.147. The molecule has 104 valence electrons. The van der Waals surface area contributed by atoms with E-state index in [9.17, 15) is 9.59 Å². The number of likely N-dealkylation sites (N-methyl/N-ethyl adjacent to an activating group) is 1. The van der Waals surface area contributed by atoms with Gasteiger partial charge in [-0.15, -0.1) is 0 Å². The van der Waals surface area contributed by atoms with Gasteiger partial charge in [-0.2, -0.15) is 0 Å². The van der Waals surface area contributed by atoms with Crippen molar-refractivity contribution in [2.75, 3.05) is 27.4 Å². The van der Waals surface area contributed by atoms with E-state index < -0.39 is 18.1 Å². The largest absolute Gasteiger partial charge is 0.467 e. The average Bonchev–Trinajstić information content (AvgIpc) is 2.81. The van der Waals surface area contributed by atoms with E-state index in [4.69, 9.17) is 14.2 Å². The minimum Gasteiger partial charge on any atom is -0.467 e. The van der Waals surface area contributed by atoms with Gasteiger partial charge in [-0.05, 0) is 5.92 Å². The van der Waals surface area contributed by atoms with Crippen molar-refractivity contribution in [1.82, 2.24) is 4.90 Å². The molecule has 0 N–H and O–H groups in total. The Morgan fingerprint density at radius 3 is 2.50 bits per heavy atom. The predicted molar refractivity (Wildman–Crippen MR) is 64.1 cm³/mol. The number of ether oxygens (including phenoxy) is 3. The SMILES string of the molecule is COC(=O)[C@H](C(C)C)N(C)C(=O)OC1CCOC1. The maximum atomic E-state index is 11.9. The van der Waals surface area contributed by atoms with Crippen LogP contribution in [0, 0.1) is 5.92 Å². The normalized spacial score (nSPS) is 20.6. The molecular formula is C12H21NO5. The van der Waals surface area contributed by atoms with Gasteiger partial charge in [0.25, 0.3) is 0 Å². The molecule has 1 rings (SSSR count). The Kier molecular flexibility index (Phi) is 5.40. The van der Waals surface area contributed by atoms with Gasteiger partial charge < -0.3 is 14.2 Å². The summed E-state index contributed by atoms with van der Waals surface area (Å²) in [5.41, 5.74) is 0. The summed E-state index contributed by atoms with van der Waals surface area (Å²) in [4.78, 5) is 24.8. The number of hydrogen-bond donors (Lipinski definition) is 0. The molecule has 1 aliphatic heterocycles. The molecule has 0 bridgehead atoms. The molecule has 1 amide bonds. The second-order valence-electron chi connectivity index (χ2n) is 4.69. The molecule has 6 nitrogen and oxygen atoms in total. The van der Waals surface area contributed by atoms with E-state index >= 15 is 0 Å². The van der Waals surface area contributed by atoms with Crippen molar-refractivity contribution in [3.63, 3.8) is 0 Å². The minimum atomic E-state index is -0.634. The first kappa shape index (κ1) is 14.8. The number of carbonyl (C=O) groups is 2. The summed E-state index contributed by atoms with van der Waals surface area (Å²) in [6.45, 7) is 4.73. The fourth-order valence-corrected chi connectivity index (χ4v) is 1.94. The number of amides is 1. The zero-order chi connectivity index (χ0) is 13.7. The Hall–Kier alpha value is -1.30. The van der Waals surface area contributed by atoms with E-state index in [1.54, 1.807) is 7.05 Å². The summed E-state index contributed by atoms with van der Waals surface area (Å²) < 4.78 is 15.1. The lowest BCUT2D eigenvalue weighted by Gasteiger charge is -2.29. The van der Waals surface area contributed by atoms with Crippen LogP contribution in [0.5, 0.6) is 0 Å². The van der Waals surface area contributed by atoms with E-state index in [1.807, 2.05) is 13.8 Å². The first-order valence-electron chi connectivity index (χ1n) is 6.06. The van der Waals surface area contributed by atoms with Gasteiger partial charge in [0.05, 0.1) is 20.3 Å². The molecular weight excluding hydrogens is 238 g/mol. The van der Waals surface area contributed by atoms with Crippen LogP contribution in [0.3, 0.4) is 0 Å². The van der Waals surface area contributed by atoms with Gasteiger partial charge in [0.15, 0.2) is 0 Å². The van der Waals surface area contributed by atoms with Gasteiger partial charge in [-0.25, -0.2) is 9.59 Å². The van der Waals surface area contributed by atoms with E-state index in [1.165, 1.54) is 12.0 Å². The first-order valence-corrected chi connectivity index (χ1v) is 6.06. The summed E-state index contributed by atoms with van der Waals surface area (Å²) in [6, 6.07) is -0.634. The minimum absolute atomic E-state index is 0.0465. The van der Waals surface area contributed by atoms with Crippen LogP contribution in [0.2, 0.25) is 0 Å². The standard InChI is InChI=1S/C12H21NO5/c1-8(2)10(11(14)16-4)13(3)12(15)18-9-5-6-17-7-9/h8-10H,5-7H2,1-4H3/t9?,10-/m0/s1. The summed E-state index contributed by atoms with van der Waals surface area (Å²) in [7, 11) is 2.85. The van der Waals surface area contributed by atoms with Crippen LogP contribution < -0.4 is 0 Å². The molecule has 0 radical (unpaired) electrons. The summed E-state index contributed by atoms with van der Waals surface area (Å²) >= 11 is 0. The Labute approximate surface area is 107 Å². The third-order valence-electron chi connectivity index (χ3n) is 2.93. The predicted octanol–water partition coefficient (Wildman–Crippen LogP) is 1.04. The number of methoxy groups -OCH3 is 1. The molecule has 6 heteroatoms. The first-order chi connectivity index (χ1) is 8.47. The highest BCUT2D eigenvalue weighted by Crippen LogP contribution is 2.15. The average molecular weight is 259 g/mol. The van der Waals surface area contributed by atoms with E-state index in [2.05, 4.69) is 0 Å². The van der Waals surface area contributed by atoms with Crippen molar-refractivity contribution in [2.24, 2.45) is 5.92 Å². The van der Waals surface area contributed by atoms with Crippen molar-refractivity contribution in [1.29, 1.82) is 0 Å². The van der Waals surface area contributed by atoms with Gasteiger partial charge in [0.2, 0.25) is 0 Å². The summed E-state index contributed by atoms with van der Waals surface area (Å²) in [5.74, 6) is -0.484. The molecule has 1 fully saturated rings. The molecule has 0 aromatic rings. The van der Waals surface area contributed by atoms with E-state index in [0.717, 1.165) is 0 Å². The molecule has 0 aromatic heterocycles. The molecule has 1 aliphatic rings. The van der Waals surface area contributed by atoms with Crippen molar-refractivity contribution in [3.05, 3.63) is 0 Å². The third kappa shape index (κ3) is 3.60. The summed E-state index contributed by atoms with van der Waals surface area (Å²) in [5, 5.41) is 0. The maximum Gasteiger partial charge on any atom is 0.410 e. The Morgan fingerprint density at radius 1 is 1.39 bits per heavy atom.